The lowest BCUT2D eigenvalue weighted by Crippen LogP contribution is -2.46. The molecule has 1 aromatic carbocycles. The minimum absolute atomic E-state index is 0.0841. The average Bonchev–Trinajstić information content (AvgIpc) is 2.29. The van der Waals surface area contributed by atoms with Gasteiger partial charge in [-0.1, -0.05) is 12.1 Å². The number of hydrogen-bond acceptors (Lipinski definition) is 4. The maximum atomic E-state index is 10.5. The Balaban J connectivity index is 2.47. The van der Waals surface area contributed by atoms with Crippen molar-refractivity contribution >= 4 is 5.69 Å². The van der Waals surface area contributed by atoms with Gasteiger partial charge < -0.3 is 10.2 Å². The molecule has 0 saturated heterocycles. The van der Waals surface area contributed by atoms with Crippen molar-refractivity contribution < 1.29 is 4.92 Å². The van der Waals surface area contributed by atoms with Crippen molar-refractivity contribution in [2.75, 3.05) is 20.6 Å². The molecule has 1 rings (SSSR count). The fourth-order valence-electron chi connectivity index (χ4n) is 1.41. The smallest absolute Gasteiger partial charge is 0.269 e. The molecule has 0 aliphatic heterocycles. The molecule has 0 radical (unpaired) electrons. The molecule has 0 fully saturated rings. The number of nitrogens with zero attached hydrogens (tertiary/aromatic N) is 2. The Morgan fingerprint density at radius 2 is 1.83 bits per heavy atom. The van der Waals surface area contributed by atoms with Gasteiger partial charge in [0, 0.05) is 30.8 Å². The molecule has 0 bridgehead atoms. The first-order valence-electron chi connectivity index (χ1n) is 5.94. The third-order valence-corrected chi connectivity index (χ3v) is 3.24. The van der Waals surface area contributed by atoms with Gasteiger partial charge in [-0.25, -0.2) is 0 Å². The third-order valence-electron chi connectivity index (χ3n) is 3.24. The first-order valence-corrected chi connectivity index (χ1v) is 5.94. The maximum Gasteiger partial charge on any atom is 0.269 e. The van der Waals surface area contributed by atoms with Gasteiger partial charge in [0.25, 0.3) is 5.69 Å². The van der Waals surface area contributed by atoms with Crippen molar-refractivity contribution in [3.63, 3.8) is 0 Å². The van der Waals surface area contributed by atoms with E-state index in [1.165, 1.54) is 12.1 Å². The Hall–Kier alpha value is -1.46. The van der Waals surface area contributed by atoms with Crippen LogP contribution in [0.5, 0.6) is 0 Å². The number of likely N-dealkylation sites (N-methyl/N-ethyl adjacent to an activating group) is 1. The van der Waals surface area contributed by atoms with Crippen molar-refractivity contribution in [3.05, 3.63) is 39.9 Å². The fourth-order valence-corrected chi connectivity index (χ4v) is 1.41. The van der Waals surface area contributed by atoms with Crippen molar-refractivity contribution in [3.8, 4) is 0 Å². The number of benzene rings is 1. The number of rotatable bonds is 6. The van der Waals surface area contributed by atoms with Crippen LogP contribution in [0.15, 0.2) is 24.3 Å². The number of nitrogens with one attached hydrogen (secondary N) is 1. The van der Waals surface area contributed by atoms with Gasteiger partial charge in [0.15, 0.2) is 0 Å². The van der Waals surface area contributed by atoms with E-state index in [2.05, 4.69) is 24.1 Å². The molecule has 18 heavy (non-hydrogen) atoms. The Labute approximate surface area is 108 Å². The van der Waals surface area contributed by atoms with E-state index in [1.54, 1.807) is 12.1 Å². The number of hydrogen-bond donors (Lipinski definition) is 1. The van der Waals surface area contributed by atoms with Gasteiger partial charge in [-0.05, 0) is 33.5 Å². The van der Waals surface area contributed by atoms with Gasteiger partial charge in [-0.3, -0.25) is 10.1 Å². The highest BCUT2D eigenvalue weighted by Crippen LogP contribution is 2.12. The minimum atomic E-state index is -0.383. The Morgan fingerprint density at radius 3 is 2.28 bits per heavy atom. The molecule has 5 heteroatoms. The Morgan fingerprint density at radius 1 is 1.28 bits per heavy atom. The zero-order valence-corrected chi connectivity index (χ0v) is 11.4. The Bertz CT molecular complexity index is 399. The highest BCUT2D eigenvalue weighted by Gasteiger charge is 2.19. The van der Waals surface area contributed by atoms with E-state index in [1.807, 2.05) is 14.1 Å². The van der Waals surface area contributed by atoms with Gasteiger partial charge in [0.05, 0.1) is 4.92 Å². The second kappa shape index (κ2) is 5.93. The highest BCUT2D eigenvalue weighted by atomic mass is 16.6. The standard InChI is InChI=1S/C13H21N3O2/c1-13(2,15(3)4)10-14-9-11-5-7-12(8-6-11)16(17)18/h5-8,14H,9-10H2,1-4H3. The number of non-ortho nitro benzene ring substituents is 1. The van der Waals surface area contributed by atoms with Gasteiger partial charge >= 0.3 is 0 Å². The summed E-state index contributed by atoms with van der Waals surface area (Å²) in [7, 11) is 4.10. The molecule has 1 N–H and O–H groups in total. The second-order valence-corrected chi connectivity index (χ2v) is 5.23. The summed E-state index contributed by atoms with van der Waals surface area (Å²) in [6.45, 7) is 5.90. The molecule has 0 heterocycles. The zero-order chi connectivity index (χ0) is 13.8. The molecular formula is C13H21N3O2. The van der Waals surface area contributed by atoms with E-state index in [4.69, 9.17) is 0 Å². The van der Waals surface area contributed by atoms with Crippen LogP contribution >= 0.6 is 0 Å². The lowest BCUT2D eigenvalue weighted by atomic mass is 10.0. The fraction of sp³-hybridized carbons (Fsp3) is 0.538. The molecule has 0 unspecified atom stereocenters. The van der Waals surface area contributed by atoms with Crippen LogP contribution in [0.25, 0.3) is 0 Å². The molecule has 1 aromatic rings. The molecule has 0 amide bonds. The lowest BCUT2D eigenvalue weighted by molar-refractivity contribution is -0.384. The highest BCUT2D eigenvalue weighted by molar-refractivity contribution is 5.32. The summed E-state index contributed by atoms with van der Waals surface area (Å²) in [5.41, 5.74) is 1.27. The quantitative estimate of drug-likeness (QED) is 0.621. The molecule has 0 spiro atoms. The molecule has 100 valence electrons. The van der Waals surface area contributed by atoms with Crippen LogP contribution in [0.2, 0.25) is 0 Å². The van der Waals surface area contributed by atoms with Gasteiger partial charge in [-0.2, -0.15) is 0 Å². The van der Waals surface area contributed by atoms with Gasteiger partial charge in [0.1, 0.15) is 0 Å². The van der Waals surface area contributed by atoms with E-state index in [-0.39, 0.29) is 16.1 Å². The Kier molecular flexibility index (Phi) is 4.81. The lowest BCUT2D eigenvalue weighted by Gasteiger charge is -2.32. The molecule has 0 aliphatic carbocycles. The van der Waals surface area contributed by atoms with Gasteiger partial charge in [-0.15, -0.1) is 0 Å². The average molecular weight is 251 g/mol. The number of nitro groups is 1. The van der Waals surface area contributed by atoms with Crippen LogP contribution in [0.1, 0.15) is 19.4 Å². The van der Waals surface area contributed by atoms with E-state index in [0.717, 1.165) is 18.7 Å². The maximum absolute atomic E-state index is 10.5. The number of nitro benzene ring substituents is 1. The van der Waals surface area contributed by atoms with Crippen molar-refractivity contribution in [2.45, 2.75) is 25.9 Å². The van der Waals surface area contributed by atoms with E-state index >= 15 is 0 Å². The predicted molar refractivity (Wildman–Crippen MR) is 72.6 cm³/mol. The molecular weight excluding hydrogens is 230 g/mol. The SMILES string of the molecule is CN(C)C(C)(C)CNCc1ccc([N+](=O)[O-])cc1. The largest absolute Gasteiger partial charge is 0.311 e. The summed E-state index contributed by atoms with van der Waals surface area (Å²) in [5, 5.41) is 13.9. The van der Waals surface area contributed by atoms with Crippen molar-refractivity contribution in [1.29, 1.82) is 0 Å². The second-order valence-electron chi connectivity index (χ2n) is 5.23. The van der Waals surface area contributed by atoms with Crippen LogP contribution < -0.4 is 5.32 Å². The first-order chi connectivity index (χ1) is 8.33. The van der Waals surface area contributed by atoms with E-state index in [0.29, 0.717) is 0 Å². The molecule has 5 nitrogen and oxygen atoms in total. The predicted octanol–water partition coefficient (Wildman–Crippen LogP) is 2.02. The van der Waals surface area contributed by atoms with E-state index < -0.39 is 0 Å². The zero-order valence-electron chi connectivity index (χ0n) is 11.4. The summed E-state index contributed by atoms with van der Waals surface area (Å²) in [5.74, 6) is 0. The summed E-state index contributed by atoms with van der Waals surface area (Å²) in [6.07, 6.45) is 0. The van der Waals surface area contributed by atoms with Crippen LogP contribution in [0.3, 0.4) is 0 Å². The summed E-state index contributed by atoms with van der Waals surface area (Å²) >= 11 is 0. The van der Waals surface area contributed by atoms with Crippen LogP contribution in [-0.4, -0.2) is 36.0 Å². The molecule has 0 saturated carbocycles. The monoisotopic (exact) mass is 251 g/mol. The first kappa shape index (κ1) is 14.6. The van der Waals surface area contributed by atoms with Crippen LogP contribution in [0.4, 0.5) is 5.69 Å². The third kappa shape index (κ3) is 4.09. The summed E-state index contributed by atoms with van der Waals surface area (Å²) in [4.78, 5) is 12.3. The summed E-state index contributed by atoms with van der Waals surface area (Å²) in [6, 6.07) is 6.64. The van der Waals surface area contributed by atoms with Crippen molar-refractivity contribution in [2.24, 2.45) is 0 Å². The topological polar surface area (TPSA) is 58.4 Å². The van der Waals surface area contributed by atoms with Gasteiger partial charge in [0.2, 0.25) is 0 Å². The summed E-state index contributed by atoms with van der Waals surface area (Å²) < 4.78 is 0. The minimum Gasteiger partial charge on any atom is -0.311 e. The molecule has 0 atom stereocenters. The molecule has 0 aromatic heterocycles. The van der Waals surface area contributed by atoms with Crippen LogP contribution in [-0.2, 0) is 6.54 Å². The normalized spacial score (nSPS) is 11.8. The molecule has 0 aliphatic rings. The van der Waals surface area contributed by atoms with E-state index in [9.17, 15) is 10.1 Å². The van der Waals surface area contributed by atoms with Crippen molar-refractivity contribution in [1.82, 2.24) is 10.2 Å². The van der Waals surface area contributed by atoms with Crippen LogP contribution in [0, 0.1) is 10.1 Å².